The first-order valence-electron chi connectivity index (χ1n) is 9.85. The van der Waals surface area contributed by atoms with Crippen LogP contribution < -0.4 is 10.6 Å². The Morgan fingerprint density at radius 3 is 2.54 bits per heavy atom. The van der Waals surface area contributed by atoms with E-state index in [1.165, 1.54) is 5.56 Å². The Hall–Kier alpha value is -2.04. The predicted molar refractivity (Wildman–Crippen MR) is 108 cm³/mol. The zero-order chi connectivity index (χ0) is 18.9. The van der Waals surface area contributed by atoms with Crippen LogP contribution in [0.2, 0.25) is 0 Å². The number of carbonyl (C=O) groups excluding carboxylic acids is 1. The first-order chi connectivity index (χ1) is 12.6. The number of nitrogens with zero attached hydrogens (tertiary/aromatic N) is 2. The van der Waals surface area contributed by atoms with Gasteiger partial charge in [-0.1, -0.05) is 57.5 Å². The van der Waals surface area contributed by atoms with Gasteiger partial charge >= 0.3 is 0 Å². The Labute approximate surface area is 158 Å². The van der Waals surface area contributed by atoms with Gasteiger partial charge in [0.1, 0.15) is 0 Å². The van der Waals surface area contributed by atoms with Crippen LogP contribution in [0.15, 0.2) is 35.3 Å². The molecule has 0 aliphatic carbocycles. The molecule has 144 valence electrons. The number of piperidine rings is 1. The number of rotatable bonds is 6. The number of aliphatic imine (C=N–C) groups is 1. The SMILES string of the molecule is CCC1CN(C(=NC)NCCNC(=O)C(C)C)CCC1c1ccccc1. The zero-order valence-electron chi connectivity index (χ0n) is 16.7. The summed E-state index contributed by atoms with van der Waals surface area (Å²) in [6, 6.07) is 10.9. The van der Waals surface area contributed by atoms with E-state index in [2.05, 4.69) is 57.8 Å². The van der Waals surface area contributed by atoms with E-state index in [1.807, 2.05) is 20.9 Å². The molecule has 26 heavy (non-hydrogen) atoms. The predicted octanol–water partition coefficient (Wildman–Crippen LogP) is 2.85. The van der Waals surface area contributed by atoms with Crippen LogP contribution in [0, 0.1) is 11.8 Å². The highest BCUT2D eigenvalue weighted by Gasteiger charge is 2.30. The summed E-state index contributed by atoms with van der Waals surface area (Å²) in [5, 5.41) is 6.33. The van der Waals surface area contributed by atoms with E-state index in [1.54, 1.807) is 0 Å². The summed E-state index contributed by atoms with van der Waals surface area (Å²) >= 11 is 0. The molecule has 1 aromatic carbocycles. The summed E-state index contributed by atoms with van der Waals surface area (Å²) < 4.78 is 0. The number of hydrogen-bond acceptors (Lipinski definition) is 2. The van der Waals surface area contributed by atoms with Gasteiger partial charge < -0.3 is 15.5 Å². The quantitative estimate of drug-likeness (QED) is 0.467. The third-order valence-corrected chi connectivity index (χ3v) is 5.23. The number of amides is 1. The van der Waals surface area contributed by atoms with Gasteiger partial charge in [-0.3, -0.25) is 9.79 Å². The maximum absolute atomic E-state index is 11.6. The van der Waals surface area contributed by atoms with Crippen LogP contribution in [-0.2, 0) is 4.79 Å². The Kier molecular flexibility index (Phi) is 7.95. The molecule has 2 rings (SSSR count). The largest absolute Gasteiger partial charge is 0.354 e. The first-order valence-corrected chi connectivity index (χ1v) is 9.85. The van der Waals surface area contributed by atoms with Gasteiger partial charge in [0.25, 0.3) is 0 Å². The molecule has 1 aliphatic heterocycles. The Balaban J connectivity index is 1.87. The van der Waals surface area contributed by atoms with E-state index in [0.29, 0.717) is 24.9 Å². The number of hydrogen-bond donors (Lipinski definition) is 2. The van der Waals surface area contributed by atoms with E-state index in [0.717, 1.165) is 31.9 Å². The second-order valence-electron chi connectivity index (χ2n) is 7.34. The molecule has 0 aromatic heterocycles. The molecule has 0 radical (unpaired) electrons. The molecule has 0 spiro atoms. The molecule has 2 atom stereocenters. The maximum Gasteiger partial charge on any atom is 0.222 e. The lowest BCUT2D eigenvalue weighted by molar-refractivity contribution is -0.123. The Bertz CT molecular complexity index is 585. The lowest BCUT2D eigenvalue weighted by Gasteiger charge is -2.40. The van der Waals surface area contributed by atoms with Crippen LogP contribution in [0.5, 0.6) is 0 Å². The lowest BCUT2D eigenvalue weighted by Crippen LogP contribution is -2.49. The van der Waals surface area contributed by atoms with Gasteiger partial charge in [0, 0.05) is 39.1 Å². The molecule has 5 nitrogen and oxygen atoms in total. The first kappa shape index (κ1) is 20.3. The van der Waals surface area contributed by atoms with Gasteiger partial charge in [0.15, 0.2) is 5.96 Å². The van der Waals surface area contributed by atoms with Crippen molar-refractivity contribution in [3.8, 4) is 0 Å². The fourth-order valence-electron chi connectivity index (χ4n) is 3.67. The Morgan fingerprint density at radius 1 is 1.23 bits per heavy atom. The van der Waals surface area contributed by atoms with Gasteiger partial charge in [-0.05, 0) is 23.8 Å². The van der Waals surface area contributed by atoms with Crippen LogP contribution in [0.1, 0.15) is 45.1 Å². The minimum atomic E-state index is 0.0247. The summed E-state index contributed by atoms with van der Waals surface area (Å²) in [6.45, 7) is 9.44. The topological polar surface area (TPSA) is 56.7 Å². The number of nitrogens with one attached hydrogen (secondary N) is 2. The van der Waals surface area contributed by atoms with E-state index < -0.39 is 0 Å². The fourth-order valence-corrected chi connectivity index (χ4v) is 3.67. The molecule has 2 N–H and O–H groups in total. The second kappa shape index (κ2) is 10.2. The average molecular weight is 359 g/mol. The normalized spacial score (nSPS) is 21.0. The van der Waals surface area contributed by atoms with Crippen LogP contribution in [-0.4, -0.2) is 50.0 Å². The molecule has 1 amide bonds. The van der Waals surface area contributed by atoms with E-state index >= 15 is 0 Å². The molecule has 1 heterocycles. The molecule has 5 heteroatoms. The maximum atomic E-state index is 11.6. The van der Waals surface area contributed by atoms with Gasteiger partial charge in [0.2, 0.25) is 5.91 Å². The molecule has 1 saturated heterocycles. The molecular weight excluding hydrogens is 324 g/mol. The monoisotopic (exact) mass is 358 g/mol. The highest BCUT2D eigenvalue weighted by atomic mass is 16.1. The van der Waals surface area contributed by atoms with Crippen molar-refractivity contribution in [2.75, 3.05) is 33.2 Å². The summed E-state index contributed by atoms with van der Waals surface area (Å²) in [5.74, 6) is 2.31. The number of benzene rings is 1. The number of carbonyl (C=O) groups is 1. The minimum Gasteiger partial charge on any atom is -0.354 e. The average Bonchev–Trinajstić information content (AvgIpc) is 2.68. The summed E-state index contributed by atoms with van der Waals surface area (Å²) in [5.41, 5.74) is 1.46. The van der Waals surface area contributed by atoms with Crippen LogP contribution >= 0.6 is 0 Å². The number of likely N-dealkylation sites (tertiary alicyclic amines) is 1. The molecular formula is C21H34N4O. The van der Waals surface area contributed by atoms with Crippen molar-refractivity contribution < 1.29 is 4.79 Å². The minimum absolute atomic E-state index is 0.0247. The van der Waals surface area contributed by atoms with Crippen molar-refractivity contribution in [1.82, 2.24) is 15.5 Å². The van der Waals surface area contributed by atoms with Gasteiger partial charge in [-0.15, -0.1) is 0 Å². The molecule has 0 bridgehead atoms. The van der Waals surface area contributed by atoms with Crippen molar-refractivity contribution in [1.29, 1.82) is 0 Å². The lowest BCUT2D eigenvalue weighted by atomic mass is 9.79. The smallest absolute Gasteiger partial charge is 0.222 e. The second-order valence-corrected chi connectivity index (χ2v) is 7.34. The standard InChI is InChI=1S/C21H34N4O/c1-5-17-15-25(14-11-19(17)18-9-7-6-8-10-18)21(22-4)24-13-12-23-20(26)16(2)3/h6-10,16-17,19H,5,11-15H2,1-4H3,(H,22,24)(H,23,26). The van der Waals surface area contributed by atoms with Crippen molar-refractivity contribution >= 4 is 11.9 Å². The summed E-state index contributed by atoms with van der Waals surface area (Å²) in [6.07, 6.45) is 2.31. The van der Waals surface area contributed by atoms with Crippen molar-refractivity contribution in [2.45, 2.75) is 39.5 Å². The zero-order valence-corrected chi connectivity index (χ0v) is 16.7. The fraction of sp³-hybridized carbons (Fsp3) is 0.619. The Morgan fingerprint density at radius 2 is 1.92 bits per heavy atom. The van der Waals surface area contributed by atoms with Crippen LogP contribution in [0.3, 0.4) is 0 Å². The highest BCUT2D eigenvalue weighted by Crippen LogP contribution is 2.34. The van der Waals surface area contributed by atoms with Crippen molar-refractivity contribution in [3.05, 3.63) is 35.9 Å². The van der Waals surface area contributed by atoms with E-state index in [9.17, 15) is 4.79 Å². The van der Waals surface area contributed by atoms with E-state index in [4.69, 9.17) is 0 Å². The molecule has 0 saturated carbocycles. The molecule has 2 unspecified atom stereocenters. The summed E-state index contributed by atoms with van der Waals surface area (Å²) in [4.78, 5) is 18.4. The third-order valence-electron chi connectivity index (χ3n) is 5.23. The van der Waals surface area contributed by atoms with E-state index in [-0.39, 0.29) is 11.8 Å². The molecule has 1 aliphatic rings. The van der Waals surface area contributed by atoms with Gasteiger partial charge in [0.05, 0.1) is 0 Å². The van der Waals surface area contributed by atoms with Crippen LogP contribution in [0.4, 0.5) is 0 Å². The van der Waals surface area contributed by atoms with Gasteiger partial charge in [-0.2, -0.15) is 0 Å². The van der Waals surface area contributed by atoms with Crippen molar-refractivity contribution in [2.24, 2.45) is 16.8 Å². The summed E-state index contributed by atoms with van der Waals surface area (Å²) in [7, 11) is 1.83. The molecule has 1 aromatic rings. The highest BCUT2D eigenvalue weighted by molar-refractivity contribution is 5.80. The number of guanidine groups is 1. The van der Waals surface area contributed by atoms with Crippen molar-refractivity contribution in [3.63, 3.8) is 0 Å². The third kappa shape index (κ3) is 5.48. The van der Waals surface area contributed by atoms with Gasteiger partial charge in [-0.25, -0.2) is 0 Å². The van der Waals surface area contributed by atoms with Crippen LogP contribution in [0.25, 0.3) is 0 Å². The molecule has 1 fully saturated rings.